The van der Waals surface area contributed by atoms with Gasteiger partial charge in [-0.3, -0.25) is 14.7 Å². The first-order valence-corrected chi connectivity index (χ1v) is 14.3. The maximum atomic E-state index is 13.5. The van der Waals surface area contributed by atoms with E-state index in [9.17, 15) is 4.79 Å². The lowest BCUT2D eigenvalue weighted by Gasteiger charge is -2.20. The molecule has 41 heavy (non-hydrogen) atoms. The summed E-state index contributed by atoms with van der Waals surface area (Å²) in [5.74, 6) is 0.553. The fourth-order valence-corrected chi connectivity index (χ4v) is 5.18. The highest BCUT2D eigenvalue weighted by molar-refractivity contribution is 6.24. The van der Waals surface area contributed by atoms with Gasteiger partial charge in [0, 0.05) is 24.8 Å². The van der Waals surface area contributed by atoms with Crippen LogP contribution in [0.1, 0.15) is 48.9 Å². The highest BCUT2D eigenvalue weighted by Gasteiger charge is 2.37. The van der Waals surface area contributed by atoms with E-state index in [2.05, 4.69) is 53.5 Å². The Bertz CT molecular complexity index is 1480. The topological polar surface area (TPSA) is 63.2 Å². The quantitative estimate of drug-likeness (QED) is 0.188. The molecule has 210 valence electrons. The predicted molar refractivity (Wildman–Crippen MR) is 165 cm³/mol. The molecule has 1 aliphatic heterocycles. The lowest BCUT2D eigenvalue weighted by molar-refractivity contribution is -0.115. The number of rotatable bonds is 12. The SMILES string of the molecule is CCOc1cc2c(cc1OCC)C(C(=Nc1ccc(CN(CC)Cc3ccccc3)cc1)c1ccccc1)C(=O)N2. The minimum absolute atomic E-state index is 0.116. The van der Waals surface area contributed by atoms with E-state index in [0.29, 0.717) is 30.4 Å². The monoisotopic (exact) mass is 547 g/mol. The Hall–Kier alpha value is -4.42. The zero-order valence-corrected chi connectivity index (χ0v) is 24.0. The molecule has 1 unspecified atom stereocenters. The predicted octanol–water partition coefficient (Wildman–Crippen LogP) is 7.36. The number of hydrogen-bond acceptors (Lipinski definition) is 5. The Morgan fingerprint density at radius 3 is 1.98 bits per heavy atom. The molecule has 0 bridgehead atoms. The number of carbonyl (C=O) groups excluding carboxylic acids is 1. The van der Waals surface area contributed by atoms with Gasteiger partial charge in [-0.05, 0) is 60.8 Å². The highest BCUT2D eigenvalue weighted by Crippen LogP contribution is 2.43. The average molecular weight is 548 g/mol. The summed E-state index contributed by atoms with van der Waals surface area (Å²) in [6.45, 7) is 9.76. The Labute approximate surface area is 242 Å². The summed E-state index contributed by atoms with van der Waals surface area (Å²) >= 11 is 0. The molecular formula is C35H37N3O3. The molecule has 0 aromatic heterocycles. The van der Waals surface area contributed by atoms with Gasteiger partial charge in [0.15, 0.2) is 11.5 Å². The molecule has 0 radical (unpaired) electrons. The number of nitrogens with one attached hydrogen (secondary N) is 1. The smallest absolute Gasteiger partial charge is 0.238 e. The molecule has 0 saturated heterocycles. The lowest BCUT2D eigenvalue weighted by atomic mass is 9.90. The summed E-state index contributed by atoms with van der Waals surface area (Å²) in [6.07, 6.45) is 0. The minimum atomic E-state index is -0.580. The number of carbonyl (C=O) groups is 1. The molecule has 1 aliphatic rings. The number of amides is 1. The van der Waals surface area contributed by atoms with Crippen molar-refractivity contribution in [3.05, 3.63) is 119 Å². The zero-order chi connectivity index (χ0) is 28.6. The number of benzene rings is 4. The van der Waals surface area contributed by atoms with E-state index in [0.717, 1.165) is 42.1 Å². The lowest BCUT2D eigenvalue weighted by Crippen LogP contribution is -2.22. The van der Waals surface area contributed by atoms with Gasteiger partial charge < -0.3 is 14.8 Å². The number of ether oxygens (including phenoxy) is 2. The van der Waals surface area contributed by atoms with Crippen LogP contribution in [0.4, 0.5) is 11.4 Å². The Morgan fingerprint density at radius 1 is 0.780 bits per heavy atom. The molecule has 4 aromatic rings. The van der Waals surface area contributed by atoms with Crippen LogP contribution in [-0.4, -0.2) is 36.3 Å². The number of aliphatic imine (C=N–C) groups is 1. The molecule has 6 heteroatoms. The summed E-state index contributed by atoms with van der Waals surface area (Å²) in [6, 6.07) is 32.5. The third-order valence-electron chi connectivity index (χ3n) is 7.18. The average Bonchev–Trinajstić information content (AvgIpc) is 3.31. The number of anilines is 1. The molecule has 0 aliphatic carbocycles. The molecule has 5 rings (SSSR count). The van der Waals surface area contributed by atoms with Gasteiger partial charge in [-0.25, -0.2) is 0 Å². The van der Waals surface area contributed by atoms with Crippen LogP contribution in [0.15, 0.2) is 102 Å². The van der Waals surface area contributed by atoms with Gasteiger partial charge in [0.1, 0.15) is 5.92 Å². The first-order valence-electron chi connectivity index (χ1n) is 14.3. The van der Waals surface area contributed by atoms with Gasteiger partial charge in [-0.15, -0.1) is 0 Å². The Kier molecular flexibility index (Phi) is 9.12. The summed E-state index contributed by atoms with van der Waals surface area (Å²) in [4.78, 5) is 20.9. The highest BCUT2D eigenvalue weighted by atomic mass is 16.5. The van der Waals surface area contributed by atoms with Crippen molar-refractivity contribution in [3.63, 3.8) is 0 Å². The first-order chi connectivity index (χ1) is 20.1. The number of nitrogens with zero attached hydrogens (tertiary/aromatic N) is 2. The van der Waals surface area contributed by atoms with Crippen LogP contribution in [0.3, 0.4) is 0 Å². The van der Waals surface area contributed by atoms with Gasteiger partial charge >= 0.3 is 0 Å². The van der Waals surface area contributed by atoms with Crippen molar-refractivity contribution in [1.82, 2.24) is 4.90 Å². The maximum absolute atomic E-state index is 13.5. The third-order valence-corrected chi connectivity index (χ3v) is 7.18. The van der Waals surface area contributed by atoms with Crippen LogP contribution in [0.25, 0.3) is 0 Å². The summed E-state index contributed by atoms with van der Waals surface area (Å²) < 4.78 is 11.7. The Morgan fingerprint density at radius 2 is 1.37 bits per heavy atom. The fraction of sp³-hybridized carbons (Fsp3) is 0.257. The van der Waals surface area contributed by atoms with Gasteiger partial charge in [-0.2, -0.15) is 0 Å². The molecule has 1 amide bonds. The molecule has 0 fully saturated rings. The molecule has 1 N–H and O–H groups in total. The van der Waals surface area contributed by atoms with Crippen LogP contribution in [0, 0.1) is 0 Å². The first kappa shape index (κ1) is 28.1. The minimum Gasteiger partial charge on any atom is -0.490 e. The maximum Gasteiger partial charge on any atom is 0.238 e. The summed E-state index contributed by atoms with van der Waals surface area (Å²) in [7, 11) is 0. The second kappa shape index (κ2) is 13.3. The largest absolute Gasteiger partial charge is 0.490 e. The second-order valence-electron chi connectivity index (χ2n) is 9.99. The van der Waals surface area contributed by atoms with Crippen LogP contribution in [-0.2, 0) is 17.9 Å². The van der Waals surface area contributed by atoms with Crippen molar-refractivity contribution in [2.75, 3.05) is 25.1 Å². The fourth-order valence-electron chi connectivity index (χ4n) is 5.18. The van der Waals surface area contributed by atoms with Crippen molar-refractivity contribution in [1.29, 1.82) is 0 Å². The van der Waals surface area contributed by atoms with Crippen molar-refractivity contribution >= 4 is 23.0 Å². The molecule has 6 nitrogen and oxygen atoms in total. The molecule has 1 heterocycles. The van der Waals surface area contributed by atoms with E-state index >= 15 is 0 Å². The zero-order valence-electron chi connectivity index (χ0n) is 24.0. The van der Waals surface area contributed by atoms with Crippen molar-refractivity contribution < 1.29 is 14.3 Å². The number of fused-ring (bicyclic) bond motifs is 1. The third kappa shape index (κ3) is 6.67. The van der Waals surface area contributed by atoms with Crippen LogP contribution < -0.4 is 14.8 Å². The number of hydrogen-bond donors (Lipinski definition) is 1. The molecular weight excluding hydrogens is 510 g/mol. The second-order valence-corrected chi connectivity index (χ2v) is 9.99. The van der Waals surface area contributed by atoms with Crippen molar-refractivity contribution in [3.8, 4) is 11.5 Å². The van der Waals surface area contributed by atoms with E-state index in [-0.39, 0.29) is 5.91 Å². The standard InChI is InChI=1S/C35H37N3O3/c1-4-38(23-25-13-9-7-10-14-25)24-26-17-19-28(20-18-26)36-34(27-15-11-8-12-16-27)33-29-21-31(40-5-2)32(41-6-3)22-30(29)37-35(33)39/h7-22,33H,4-6,23-24H2,1-3H3,(H,37,39). The summed E-state index contributed by atoms with van der Waals surface area (Å²) in [5.41, 5.74) is 6.48. The van der Waals surface area contributed by atoms with E-state index < -0.39 is 5.92 Å². The normalized spacial score (nSPS) is 14.6. The van der Waals surface area contributed by atoms with Crippen LogP contribution in [0.5, 0.6) is 11.5 Å². The van der Waals surface area contributed by atoms with E-state index in [4.69, 9.17) is 14.5 Å². The van der Waals surface area contributed by atoms with E-state index in [1.165, 1.54) is 11.1 Å². The molecule has 1 atom stereocenters. The van der Waals surface area contributed by atoms with Gasteiger partial charge in [0.25, 0.3) is 0 Å². The Balaban J connectivity index is 1.46. The van der Waals surface area contributed by atoms with Gasteiger partial charge in [0.05, 0.1) is 24.6 Å². The molecule has 0 spiro atoms. The van der Waals surface area contributed by atoms with Crippen molar-refractivity contribution in [2.24, 2.45) is 4.99 Å². The molecule has 4 aromatic carbocycles. The van der Waals surface area contributed by atoms with Crippen LogP contribution >= 0.6 is 0 Å². The molecule has 0 saturated carbocycles. The van der Waals surface area contributed by atoms with E-state index in [1.807, 2.05) is 74.5 Å². The van der Waals surface area contributed by atoms with Crippen LogP contribution in [0.2, 0.25) is 0 Å². The van der Waals surface area contributed by atoms with Crippen molar-refractivity contribution in [2.45, 2.75) is 39.8 Å². The van der Waals surface area contributed by atoms with Gasteiger partial charge in [0.2, 0.25) is 5.91 Å². The van der Waals surface area contributed by atoms with E-state index in [1.54, 1.807) is 0 Å². The van der Waals surface area contributed by atoms with Gasteiger partial charge in [-0.1, -0.05) is 79.7 Å². The summed E-state index contributed by atoms with van der Waals surface area (Å²) in [5, 5.41) is 3.05.